The number of benzene rings is 1. The average Bonchev–Trinajstić information content (AvgIpc) is 2.81. The predicted molar refractivity (Wildman–Crippen MR) is 74.2 cm³/mol. The van der Waals surface area contributed by atoms with Crippen LogP contribution in [0.15, 0.2) is 18.2 Å². The number of nitrogens with one attached hydrogen (secondary N) is 1. The molecule has 1 fully saturated rings. The number of carboxylic acid groups (broad SMARTS) is 1. The van der Waals surface area contributed by atoms with E-state index in [4.69, 9.17) is 5.11 Å². The summed E-state index contributed by atoms with van der Waals surface area (Å²) in [4.78, 5) is 23.4. The SMILES string of the molecule is CN1CCCC1CNc1ccc([N+](=O)[O-])c(C(=O)O)c1. The molecule has 2 N–H and O–H groups in total. The lowest BCUT2D eigenvalue weighted by Crippen LogP contribution is -2.31. The summed E-state index contributed by atoms with van der Waals surface area (Å²) in [6, 6.07) is 4.50. The van der Waals surface area contributed by atoms with Crippen molar-refractivity contribution in [1.29, 1.82) is 0 Å². The molecule has 1 heterocycles. The van der Waals surface area contributed by atoms with Gasteiger partial charge in [0, 0.05) is 24.3 Å². The van der Waals surface area contributed by atoms with E-state index in [1.807, 2.05) is 0 Å². The molecule has 0 aliphatic carbocycles. The largest absolute Gasteiger partial charge is 0.477 e. The molecule has 1 aromatic carbocycles. The molecular weight excluding hydrogens is 262 g/mol. The van der Waals surface area contributed by atoms with E-state index in [2.05, 4.69) is 17.3 Å². The Labute approximate surface area is 116 Å². The van der Waals surface area contributed by atoms with Crippen molar-refractivity contribution in [2.45, 2.75) is 18.9 Å². The molecule has 1 aliphatic rings. The van der Waals surface area contributed by atoms with Crippen LogP contribution in [0.1, 0.15) is 23.2 Å². The van der Waals surface area contributed by atoms with Crippen molar-refractivity contribution >= 4 is 17.3 Å². The van der Waals surface area contributed by atoms with Gasteiger partial charge in [0.2, 0.25) is 0 Å². The van der Waals surface area contributed by atoms with E-state index < -0.39 is 10.9 Å². The zero-order valence-corrected chi connectivity index (χ0v) is 11.2. The third-order valence-electron chi connectivity index (χ3n) is 3.64. The van der Waals surface area contributed by atoms with E-state index in [1.165, 1.54) is 12.1 Å². The van der Waals surface area contributed by atoms with E-state index in [1.54, 1.807) is 6.07 Å². The molecule has 0 saturated carbocycles. The summed E-state index contributed by atoms with van der Waals surface area (Å²) < 4.78 is 0. The quantitative estimate of drug-likeness (QED) is 0.630. The van der Waals surface area contributed by atoms with Crippen LogP contribution >= 0.6 is 0 Å². The van der Waals surface area contributed by atoms with E-state index in [0.717, 1.165) is 19.4 Å². The molecule has 1 atom stereocenters. The number of carbonyl (C=O) groups is 1. The van der Waals surface area contributed by atoms with Crippen LogP contribution in [-0.2, 0) is 0 Å². The minimum atomic E-state index is -1.29. The summed E-state index contributed by atoms with van der Waals surface area (Å²) in [6.45, 7) is 1.76. The number of nitro groups is 1. The number of likely N-dealkylation sites (tertiary alicyclic amines) is 1. The molecule has 1 aliphatic heterocycles. The van der Waals surface area contributed by atoms with Gasteiger partial charge in [0.15, 0.2) is 0 Å². The second-order valence-electron chi connectivity index (χ2n) is 4.95. The van der Waals surface area contributed by atoms with Gasteiger partial charge in [0.25, 0.3) is 5.69 Å². The number of likely N-dealkylation sites (N-methyl/N-ethyl adjacent to an activating group) is 1. The molecule has 0 amide bonds. The monoisotopic (exact) mass is 279 g/mol. The van der Waals surface area contributed by atoms with Gasteiger partial charge >= 0.3 is 5.97 Å². The number of hydrogen-bond acceptors (Lipinski definition) is 5. The fraction of sp³-hybridized carbons (Fsp3) is 0.462. The summed E-state index contributed by atoms with van der Waals surface area (Å²) in [5.41, 5.74) is -0.0888. The number of aromatic carboxylic acids is 1. The Kier molecular flexibility index (Phi) is 4.19. The van der Waals surface area contributed by atoms with Gasteiger partial charge in [0.05, 0.1) is 4.92 Å². The first kappa shape index (κ1) is 14.3. The van der Waals surface area contributed by atoms with Crippen LogP contribution in [-0.4, -0.2) is 47.1 Å². The Morgan fingerprint density at radius 2 is 2.35 bits per heavy atom. The Morgan fingerprint density at radius 1 is 1.60 bits per heavy atom. The van der Waals surface area contributed by atoms with Crippen molar-refractivity contribution in [2.75, 3.05) is 25.5 Å². The first-order chi connectivity index (χ1) is 9.49. The second kappa shape index (κ2) is 5.87. The van der Waals surface area contributed by atoms with Crippen molar-refractivity contribution in [3.8, 4) is 0 Å². The number of nitrogens with zero attached hydrogens (tertiary/aromatic N) is 2. The zero-order chi connectivity index (χ0) is 14.7. The fourth-order valence-corrected chi connectivity index (χ4v) is 2.45. The van der Waals surface area contributed by atoms with E-state index >= 15 is 0 Å². The molecule has 2 rings (SSSR count). The molecule has 0 spiro atoms. The highest BCUT2D eigenvalue weighted by Gasteiger charge is 2.22. The van der Waals surface area contributed by atoms with E-state index in [-0.39, 0.29) is 11.3 Å². The first-order valence-corrected chi connectivity index (χ1v) is 6.45. The van der Waals surface area contributed by atoms with E-state index in [9.17, 15) is 14.9 Å². The van der Waals surface area contributed by atoms with Crippen molar-refractivity contribution in [2.24, 2.45) is 0 Å². The maximum Gasteiger partial charge on any atom is 0.342 e. The summed E-state index contributed by atoms with van der Waals surface area (Å²) >= 11 is 0. The Bertz CT molecular complexity index is 532. The maximum absolute atomic E-state index is 11.1. The maximum atomic E-state index is 11.1. The van der Waals surface area contributed by atoms with Crippen molar-refractivity contribution in [1.82, 2.24) is 4.90 Å². The van der Waals surface area contributed by atoms with Crippen molar-refractivity contribution in [3.05, 3.63) is 33.9 Å². The number of hydrogen-bond donors (Lipinski definition) is 2. The third kappa shape index (κ3) is 3.05. The van der Waals surface area contributed by atoms with Gasteiger partial charge < -0.3 is 15.3 Å². The average molecular weight is 279 g/mol. The molecule has 1 aromatic rings. The molecule has 7 nitrogen and oxygen atoms in total. The van der Waals surface area contributed by atoms with Crippen LogP contribution < -0.4 is 5.32 Å². The van der Waals surface area contributed by atoms with Crippen LogP contribution in [0.5, 0.6) is 0 Å². The molecule has 1 unspecified atom stereocenters. The molecular formula is C13H17N3O4. The van der Waals surface area contributed by atoms with Gasteiger partial charge in [-0.1, -0.05) is 0 Å². The van der Waals surface area contributed by atoms with Gasteiger partial charge in [0.1, 0.15) is 5.56 Å². The number of nitro benzene ring substituents is 1. The Balaban J connectivity index is 2.11. The number of anilines is 1. The minimum Gasteiger partial charge on any atom is -0.477 e. The normalized spacial score (nSPS) is 18.9. The van der Waals surface area contributed by atoms with Gasteiger partial charge in [-0.25, -0.2) is 4.79 Å². The van der Waals surface area contributed by atoms with Gasteiger partial charge in [-0.2, -0.15) is 0 Å². The van der Waals surface area contributed by atoms with Gasteiger partial charge in [-0.05, 0) is 38.6 Å². The molecule has 0 bridgehead atoms. The summed E-state index contributed by atoms with van der Waals surface area (Å²) in [7, 11) is 2.05. The van der Waals surface area contributed by atoms with Crippen LogP contribution in [0.4, 0.5) is 11.4 Å². The van der Waals surface area contributed by atoms with Crippen LogP contribution in [0.2, 0.25) is 0 Å². The van der Waals surface area contributed by atoms with Gasteiger partial charge in [-0.15, -0.1) is 0 Å². The standard InChI is InChI=1S/C13H17N3O4/c1-15-6-2-3-10(15)8-14-9-4-5-12(16(19)20)11(7-9)13(17)18/h4-5,7,10,14H,2-3,6,8H2,1H3,(H,17,18). The Morgan fingerprint density at radius 3 is 2.90 bits per heavy atom. The fourth-order valence-electron chi connectivity index (χ4n) is 2.45. The van der Waals surface area contributed by atoms with Crippen LogP contribution in [0.25, 0.3) is 0 Å². The van der Waals surface area contributed by atoms with Crippen molar-refractivity contribution < 1.29 is 14.8 Å². The Hall–Kier alpha value is -2.15. The predicted octanol–water partition coefficient (Wildman–Crippen LogP) is 1.80. The zero-order valence-electron chi connectivity index (χ0n) is 11.2. The lowest BCUT2D eigenvalue weighted by molar-refractivity contribution is -0.385. The summed E-state index contributed by atoms with van der Waals surface area (Å²) in [5, 5.41) is 22.9. The third-order valence-corrected chi connectivity index (χ3v) is 3.64. The van der Waals surface area contributed by atoms with Crippen LogP contribution in [0.3, 0.4) is 0 Å². The second-order valence-corrected chi connectivity index (χ2v) is 4.95. The van der Waals surface area contributed by atoms with Gasteiger partial charge in [-0.3, -0.25) is 10.1 Å². The topological polar surface area (TPSA) is 95.7 Å². The molecule has 7 heteroatoms. The van der Waals surface area contributed by atoms with E-state index in [0.29, 0.717) is 18.3 Å². The lowest BCUT2D eigenvalue weighted by Gasteiger charge is -2.20. The summed E-state index contributed by atoms with van der Waals surface area (Å²) in [5.74, 6) is -1.29. The highest BCUT2D eigenvalue weighted by Crippen LogP contribution is 2.23. The molecule has 108 valence electrons. The first-order valence-electron chi connectivity index (χ1n) is 6.45. The molecule has 1 saturated heterocycles. The smallest absolute Gasteiger partial charge is 0.342 e. The van der Waals surface area contributed by atoms with Crippen LogP contribution in [0, 0.1) is 10.1 Å². The minimum absolute atomic E-state index is 0.292. The van der Waals surface area contributed by atoms with Crippen molar-refractivity contribution in [3.63, 3.8) is 0 Å². The molecule has 0 radical (unpaired) electrons. The lowest BCUT2D eigenvalue weighted by atomic mass is 10.1. The highest BCUT2D eigenvalue weighted by molar-refractivity contribution is 5.93. The summed E-state index contributed by atoms with van der Waals surface area (Å²) in [6.07, 6.45) is 2.26. The molecule has 20 heavy (non-hydrogen) atoms. The number of rotatable bonds is 5. The highest BCUT2D eigenvalue weighted by atomic mass is 16.6. The molecule has 0 aromatic heterocycles. The number of carboxylic acids is 1.